The lowest BCUT2D eigenvalue weighted by atomic mass is 10.1. The van der Waals surface area contributed by atoms with E-state index >= 15 is 0 Å². The van der Waals surface area contributed by atoms with Gasteiger partial charge in [0, 0.05) is 49.4 Å². The van der Waals surface area contributed by atoms with Crippen LogP contribution in [0, 0.1) is 5.92 Å². The summed E-state index contributed by atoms with van der Waals surface area (Å²) in [5, 5.41) is 5.58. The number of rotatable bonds is 11. The molecule has 2 amide bonds. The summed E-state index contributed by atoms with van der Waals surface area (Å²) in [5.74, 6) is 0.0633. The molecule has 0 aliphatic rings. The Balaban J connectivity index is 1.86. The van der Waals surface area contributed by atoms with Crippen LogP contribution in [-0.4, -0.2) is 41.6 Å². The monoisotopic (exact) mass is 476 g/mol. The number of aromatic nitrogens is 2. The van der Waals surface area contributed by atoms with Gasteiger partial charge in [0.25, 0.3) is 11.8 Å². The van der Waals surface area contributed by atoms with Gasteiger partial charge in [0.1, 0.15) is 16.9 Å². The third kappa shape index (κ3) is 7.27. The van der Waals surface area contributed by atoms with E-state index in [0.29, 0.717) is 37.7 Å². The summed E-state index contributed by atoms with van der Waals surface area (Å²) >= 11 is 0. The Morgan fingerprint density at radius 2 is 1.63 bits per heavy atom. The first-order valence-corrected chi connectivity index (χ1v) is 11.7. The Labute approximate surface area is 205 Å². The Hall–Kier alpha value is -3.94. The predicted molar refractivity (Wildman–Crippen MR) is 135 cm³/mol. The zero-order chi connectivity index (χ0) is 25.2. The number of benzene rings is 1. The fourth-order valence-corrected chi connectivity index (χ4v) is 3.59. The maximum absolute atomic E-state index is 13.1. The van der Waals surface area contributed by atoms with Gasteiger partial charge in [-0.15, -0.1) is 0 Å². The first-order valence-electron chi connectivity index (χ1n) is 11.7. The lowest BCUT2D eigenvalue weighted by molar-refractivity contribution is 0.0949. The molecule has 0 spiro atoms. The van der Waals surface area contributed by atoms with E-state index in [0.717, 1.165) is 17.7 Å². The fraction of sp³-hybridized carbons (Fsp3) is 0.333. The standard InChI is InChI=1S/C27H32N4O4/c1-19(2)11-14-29-26(33)22-17-31(16-20-8-4-5-10-24(20)35-3)18-23(25(22)32)27(34)30-15-12-21-9-6-7-13-28-21/h4-10,13,17-19H,11-12,14-16H2,1-3H3,(H,29,33)(H,30,34). The number of ether oxygens (including phenoxy) is 1. The minimum absolute atomic E-state index is 0.0685. The molecule has 8 nitrogen and oxygen atoms in total. The number of carbonyl (C=O) groups is 2. The maximum Gasteiger partial charge on any atom is 0.256 e. The van der Waals surface area contributed by atoms with Crippen LogP contribution in [0.15, 0.2) is 65.8 Å². The van der Waals surface area contributed by atoms with Gasteiger partial charge in [-0.3, -0.25) is 19.4 Å². The number of hydrogen-bond donors (Lipinski definition) is 2. The van der Waals surface area contributed by atoms with Gasteiger partial charge in [0.05, 0.1) is 13.7 Å². The van der Waals surface area contributed by atoms with Gasteiger partial charge in [-0.25, -0.2) is 0 Å². The first kappa shape index (κ1) is 25.7. The minimum atomic E-state index is -0.598. The van der Waals surface area contributed by atoms with E-state index in [1.807, 2.05) is 42.5 Å². The number of hydrogen-bond acceptors (Lipinski definition) is 5. The lowest BCUT2D eigenvalue weighted by Gasteiger charge is -2.14. The number of nitrogens with one attached hydrogen (secondary N) is 2. The average molecular weight is 477 g/mol. The molecule has 0 saturated heterocycles. The van der Waals surface area contributed by atoms with Gasteiger partial charge in [0.2, 0.25) is 5.43 Å². The quantitative estimate of drug-likeness (QED) is 0.443. The molecule has 0 saturated carbocycles. The highest BCUT2D eigenvalue weighted by Crippen LogP contribution is 2.18. The Morgan fingerprint density at radius 1 is 0.971 bits per heavy atom. The summed E-state index contributed by atoms with van der Waals surface area (Å²) in [6, 6.07) is 13.0. The minimum Gasteiger partial charge on any atom is -0.496 e. The summed E-state index contributed by atoms with van der Waals surface area (Å²) in [4.78, 5) is 43.2. The van der Waals surface area contributed by atoms with E-state index < -0.39 is 17.2 Å². The largest absolute Gasteiger partial charge is 0.496 e. The van der Waals surface area contributed by atoms with E-state index in [4.69, 9.17) is 4.74 Å². The summed E-state index contributed by atoms with van der Waals surface area (Å²) in [6.07, 6.45) is 5.97. The second kappa shape index (κ2) is 12.5. The normalized spacial score (nSPS) is 10.7. The average Bonchev–Trinajstić information content (AvgIpc) is 2.85. The van der Waals surface area contributed by atoms with Crippen molar-refractivity contribution in [3.8, 4) is 5.75 Å². The molecule has 2 N–H and O–H groups in total. The number of nitrogens with zero attached hydrogens (tertiary/aromatic N) is 2. The third-order valence-electron chi connectivity index (χ3n) is 5.51. The van der Waals surface area contributed by atoms with Crippen molar-refractivity contribution in [2.24, 2.45) is 5.92 Å². The molecule has 1 aromatic carbocycles. The third-order valence-corrected chi connectivity index (χ3v) is 5.51. The molecule has 0 aliphatic carbocycles. The molecule has 8 heteroatoms. The van der Waals surface area contributed by atoms with Crippen LogP contribution in [0.3, 0.4) is 0 Å². The van der Waals surface area contributed by atoms with Gasteiger partial charge < -0.3 is 19.9 Å². The van der Waals surface area contributed by atoms with Gasteiger partial charge in [-0.05, 0) is 30.5 Å². The molecular formula is C27H32N4O4. The SMILES string of the molecule is COc1ccccc1Cn1cc(C(=O)NCCc2ccccn2)c(=O)c(C(=O)NCCC(C)C)c1. The zero-order valence-electron chi connectivity index (χ0n) is 20.4. The van der Waals surface area contributed by atoms with E-state index in [1.165, 1.54) is 12.4 Å². The molecule has 0 atom stereocenters. The van der Waals surface area contributed by atoms with Crippen molar-refractivity contribution < 1.29 is 14.3 Å². The van der Waals surface area contributed by atoms with Gasteiger partial charge in [-0.1, -0.05) is 38.1 Å². The van der Waals surface area contributed by atoms with Gasteiger partial charge in [-0.2, -0.15) is 0 Å². The number of carbonyl (C=O) groups excluding carboxylic acids is 2. The van der Waals surface area contributed by atoms with Crippen molar-refractivity contribution >= 4 is 11.8 Å². The van der Waals surface area contributed by atoms with E-state index in [-0.39, 0.29) is 11.1 Å². The maximum atomic E-state index is 13.1. The molecule has 0 fully saturated rings. The van der Waals surface area contributed by atoms with Crippen molar-refractivity contribution in [2.45, 2.75) is 33.2 Å². The number of para-hydroxylation sites is 1. The fourth-order valence-electron chi connectivity index (χ4n) is 3.59. The summed E-state index contributed by atoms with van der Waals surface area (Å²) in [5.41, 5.74) is 0.933. The summed E-state index contributed by atoms with van der Waals surface area (Å²) in [7, 11) is 1.58. The molecular weight excluding hydrogens is 444 g/mol. The van der Waals surface area contributed by atoms with Crippen molar-refractivity contribution in [1.82, 2.24) is 20.2 Å². The molecule has 3 aromatic rings. The van der Waals surface area contributed by atoms with Crippen molar-refractivity contribution in [2.75, 3.05) is 20.2 Å². The molecule has 0 unspecified atom stereocenters. The van der Waals surface area contributed by atoms with Crippen molar-refractivity contribution in [3.63, 3.8) is 0 Å². The van der Waals surface area contributed by atoms with Gasteiger partial charge >= 0.3 is 0 Å². The molecule has 3 rings (SSSR count). The Kier molecular flexibility index (Phi) is 9.17. The number of methoxy groups -OCH3 is 1. The highest BCUT2D eigenvalue weighted by molar-refractivity contribution is 5.99. The van der Waals surface area contributed by atoms with Crippen molar-refractivity contribution in [1.29, 1.82) is 0 Å². The first-order chi connectivity index (χ1) is 16.9. The van der Waals surface area contributed by atoms with Gasteiger partial charge in [0.15, 0.2) is 0 Å². The highest BCUT2D eigenvalue weighted by atomic mass is 16.5. The summed E-state index contributed by atoms with van der Waals surface area (Å²) < 4.78 is 7.10. The Bertz CT molecular complexity index is 1210. The molecule has 2 aromatic heterocycles. The molecule has 0 radical (unpaired) electrons. The molecule has 184 valence electrons. The van der Waals surface area contributed by atoms with E-state index in [1.54, 1.807) is 17.9 Å². The number of pyridine rings is 2. The second-order valence-corrected chi connectivity index (χ2v) is 8.66. The smallest absolute Gasteiger partial charge is 0.256 e. The van der Waals surface area contributed by atoms with Crippen molar-refractivity contribution in [3.05, 3.63) is 93.7 Å². The molecule has 35 heavy (non-hydrogen) atoms. The lowest BCUT2D eigenvalue weighted by Crippen LogP contribution is -2.36. The molecule has 2 heterocycles. The van der Waals surface area contributed by atoms with Crippen LogP contribution in [-0.2, 0) is 13.0 Å². The Morgan fingerprint density at radius 3 is 2.26 bits per heavy atom. The van der Waals surface area contributed by atoms with Crippen LogP contribution in [0.25, 0.3) is 0 Å². The predicted octanol–water partition coefficient (Wildman–Crippen LogP) is 3.05. The van der Waals surface area contributed by atoms with Crippen LogP contribution in [0.5, 0.6) is 5.75 Å². The van der Waals surface area contributed by atoms with Crippen LogP contribution < -0.4 is 20.8 Å². The van der Waals surface area contributed by atoms with Crippen LogP contribution in [0.1, 0.15) is 52.2 Å². The zero-order valence-corrected chi connectivity index (χ0v) is 20.4. The number of amides is 2. The molecule has 0 aliphatic heterocycles. The summed E-state index contributed by atoms with van der Waals surface area (Å²) in [6.45, 7) is 5.20. The second-order valence-electron chi connectivity index (χ2n) is 8.66. The van der Waals surface area contributed by atoms with E-state index in [2.05, 4.69) is 29.5 Å². The topological polar surface area (TPSA) is 102 Å². The van der Waals surface area contributed by atoms with Crippen LogP contribution in [0.2, 0.25) is 0 Å². The molecule has 0 bridgehead atoms. The van der Waals surface area contributed by atoms with Crippen LogP contribution in [0.4, 0.5) is 0 Å². The van der Waals surface area contributed by atoms with E-state index in [9.17, 15) is 14.4 Å². The highest BCUT2D eigenvalue weighted by Gasteiger charge is 2.20. The van der Waals surface area contributed by atoms with Crippen LogP contribution >= 0.6 is 0 Å².